The molecule has 2 aliphatic heterocycles. The van der Waals surface area contributed by atoms with Crippen molar-refractivity contribution in [2.24, 2.45) is 0 Å². The van der Waals surface area contributed by atoms with Gasteiger partial charge in [-0.3, -0.25) is 4.79 Å². The predicted octanol–water partition coefficient (Wildman–Crippen LogP) is 2.70. The van der Waals surface area contributed by atoms with Crippen LogP contribution in [-0.4, -0.2) is 25.2 Å². The van der Waals surface area contributed by atoms with Crippen LogP contribution in [0.25, 0.3) is 6.08 Å². The van der Waals surface area contributed by atoms with Crippen molar-refractivity contribution in [3.8, 4) is 11.5 Å². The molecule has 1 N–H and O–H groups in total. The van der Waals surface area contributed by atoms with Gasteiger partial charge in [-0.25, -0.2) is 0 Å². The topological polar surface area (TPSA) is 47.6 Å². The number of piperidine rings is 1. The van der Waals surface area contributed by atoms with Crippen LogP contribution in [0.15, 0.2) is 36.4 Å². The molecule has 3 rings (SSSR count). The molecule has 2 heterocycles. The fourth-order valence-electron chi connectivity index (χ4n) is 2.54. The van der Waals surface area contributed by atoms with E-state index in [4.69, 9.17) is 9.47 Å². The van der Waals surface area contributed by atoms with Crippen molar-refractivity contribution in [3.05, 3.63) is 42.0 Å². The van der Waals surface area contributed by atoms with E-state index in [0.29, 0.717) is 0 Å². The molecule has 1 aromatic rings. The molecule has 0 amide bonds. The van der Waals surface area contributed by atoms with Crippen LogP contribution in [0, 0.1) is 0 Å². The zero-order valence-electron chi connectivity index (χ0n) is 11.9. The molecule has 1 saturated heterocycles. The first kappa shape index (κ1) is 13.9. The Morgan fingerprint density at radius 2 is 2.10 bits per heavy atom. The summed E-state index contributed by atoms with van der Waals surface area (Å²) < 4.78 is 10.6. The Kier molecular flexibility index (Phi) is 4.36. The van der Waals surface area contributed by atoms with Crippen LogP contribution in [0.5, 0.6) is 11.5 Å². The lowest BCUT2D eigenvalue weighted by Gasteiger charge is -2.20. The molecule has 0 aromatic heterocycles. The molecule has 2 aliphatic rings. The van der Waals surface area contributed by atoms with Gasteiger partial charge in [0.25, 0.3) is 0 Å². The minimum absolute atomic E-state index is 0.00561. The number of allylic oxidation sites excluding steroid dienone is 2. The van der Waals surface area contributed by atoms with E-state index in [2.05, 4.69) is 5.32 Å². The molecule has 0 aliphatic carbocycles. The number of benzene rings is 1. The van der Waals surface area contributed by atoms with Gasteiger partial charge in [0.1, 0.15) is 0 Å². The summed E-state index contributed by atoms with van der Waals surface area (Å²) in [5.74, 6) is 1.70. The number of hydrogen-bond donors (Lipinski definition) is 1. The summed E-state index contributed by atoms with van der Waals surface area (Å²) in [5, 5.41) is 3.25. The van der Waals surface area contributed by atoms with Crippen molar-refractivity contribution in [1.82, 2.24) is 5.32 Å². The number of ether oxygens (including phenoxy) is 2. The van der Waals surface area contributed by atoms with Crippen LogP contribution in [0.3, 0.4) is 0 Å². The van der Waals surface area contributed by atoms with Crippen molar-refractivity contribution in [2.75, 3.05) is 13.3 Å². The zero-order chi connectivity index (χ0) is 14.5. The summed E-state index contributed by atoms with van der Waals surface area (Å²) in [6, 6.07) is 5.77. The van der Waals surface area contributed by atoms with Crippen LogP contribution in [0.1, 0.15) is 24.8 Å². The van der Waals surface area contributed by atoms with E-state index in [1.165, 1.54) is 0 Å². The molecule has 110 valence electrons. The van der Waals surface area contributed by atoms with E-state index < -0.39 is 0 Å². The van der Waals surface area contributed by atoms with Gasteiger partial charge >= 0.3 is 0 Å². The maximum Gasteiger partial charge on any atom is 0.231 e. The third-order valence-electron chi connectivity index (χ3n) is 3.71. The van der Waals surface area contributed by atoms with Crippen molar-refractivity contribution >= 4 is 11.9 Å². The Bertz CT molecular complexity index is 571. The highest BCUT2D eigenvalue weighted by Crippen LogP contribution is 2.32. The molecule has 21 heavy (non-hydrogen) atoms. The number of carbonyl (C=O) groups is 1. The van der Waals surface area contributed by atoms with Gasteiger partial charge in [0, 0.05) is 0 Å². The average molecular weight is 285 g/mol. The zero-order valence-corrected chi connectivity index (χ0v) is 11.9. The minimum atomic E-state index is -0.00561. The van der Waals surface area contributed by atoms with Crippen LogP contribution in [-0.2, 0) is 4.79 Å². The molecule has 0 radical (unpaired) electrons. The van der Waals surface area contributed by atoms with E-state index in [1.54, 1.807) is 12.2 Å². The largest absolute Gasteiger partial charge is 0.454 e. The number of nitrogens with one attached hydrogen (secondary N) is 1. The van der Waals surface area contributed by atoms with Gasteiger partial charge in [-0.05, 0) is 43.2 Å². The van der Waals surface area contributed by atoms with E-state index >= 15 is 0 Å². The summed E-state index contributed by atoms with van der Waals surface area (Å²) in [6.07, 6.45) is 10.5. The molecular weight excluding hydrogens is 266 g/mol. The monoisotopic (exact) mass is 285 g/mol. The van der Waals surface area contributed by atoms with Gasteiger partial charge in [-0.15, -0.1) is 0 Å². The number of carbonyl (C=O) groups excluding carboxylic acids is 1. The predicted molar refractivity (Wildman–Crippen MR) is 81.4 cm³/mol. The molecule has 1 unspecified atom stereocenters. The third-order valence-corrected chi connectivity index (χ3v) is 3.71. The first-order chi connectivity index (χ1) is 10.3. The highest BCUT2D eigenvalue weighted by molar-refractivity contribution is 5.94. The highest BCUT2D eigenvalue weighted by Gasteiger charge is 2.17. The van der Waals surface area contributed by atoms with Crippen molar-refractivity contribution < 1.29 is 14.3 Å². The van der Waals surface area contributed by atoms with Gasteiger partial charge in [0.05, 0.1) is 6.04 Å². The van der Waals surface area contributed by atoms with E-state index in [1.807, 2.05) is 30.4 Å². The van der Waals surface area contributed by atoms with Gasteiger partial charge in [0.2, 0.25) is 6.79 Å². The average Bonchev–Trinajstić information content (AvgIpc) is 3.00. The molecule has 1 fully saturated rings. The summed E-state index contributed by atoms with van der Waals surface area (Å²) in [7, 11) is 0. The number of ketones is 1. The highest BCUT2D eigenvalue weighted by atomic mass is 16.7. The van der Waals surface area contributed by atoms with Crippen molar-refractivity contribution in [2.45, 2.75) is 25.3 Å². The third kappa shape index (κ3) is 3.52. The molecule has 0 saturated carbocycles. The first-order valence-corrected chi connectivity index (χ1v) is 7.34. The molecule has 1 aromatic carbocycles. The Morgan fingerprint density at radius 1 is 1.19 bits per heavy atom. The second kappa shape index (κ2) is 6.59. The van der Waals surface area contributed by atoms with Crippen LogP contribution in [0.4, 0.5) is 0 Å². The van der Waals surface area contributed by atoms with E-state index in [-0.39, 0.29) is 18.6 Å². The normalized spacial score (nSPS) is 21.2. The van der Waals surface area contributed by atoms with Crippen molar-refractivity contribution in [3.63, 3.8) is 0 Å². The van der Waals surface area contributed by atoms with Crippen molar-refractivity contribution in [1.29, 1.82) is 0 Å². The quantitative estimate of drug-likeness (QED) is 0.682. The minimum Gasteiger partial charge on any atom is -0.454 e. The SMILES string of the molecule is O=C(C=CC=Cc1ccc2c(c1)OCO2)C1CCCCN1. The Hall–Kier alpha value is -2.07. The standard InChI is InChI=1S/C17H19NO3/c19-15(14-6-3-4-10-18-14)7-2-1-5-13-8-9-16-17(11-13)21-12-20-16/h1-2,5,7-9,11,14,18H,3-4,6,10,12H2. The molecule has 0 spiro atoms. The van der Waals surface area contributed by atoms with Gasteiger partial charge < -0.3 is 14.8 Å². The molecule has 1 atom stereocenters. The molecule has 4 nitrogen and oxygen atoms in total. The lowest BCUT2D eigenvalue weighted by molar-refractivity contribution is -0.117. The van der Waals surface area contributed by atoms with Gasteiger partial charge in [-0.2, -0.15) is 0 Å². The molecular formula is C17H19NO3. The second-order valence-corrected chi connectivity index (χ2v) is 5.24. The van der Waals surface area contributed by atoms with Gasteiger partial charge in [-0.1, -0.05) is 30.7 Å². The van der Waals surface area contributed by atoms with E-state index in [9.17, 15) is 4.79 Å². The maximum atomic E-state index is 11.9. The first-order valence-electron chi connectivity index (χ1n) is 7.34. The maximum absolute atomic E-state index is 11.9. The Morgan fingerprint density at radius 3 is 2.95 bits per heavy atom. The smallest absolute Gasteiger partial charge is 0.231 e. The summed E-state index contributed by atoms with van der Waals surface area (Å²) >= 11 is 0. The second-order valence-electron chi connectivity index (χ2n) is 5.24. The number of fused-ring (bicyclic) bond motifs is 1. The summed E-state index contributed by atoms with van der Waals surface area (Å²) in [6.45, 7) is 1.22. The molecule has 4 heteroatoms. The van der Waals surface area contributed by atoms with Crippen LogP contribution in [0.2, 0.25) is 0 Å². The fourth-order valence-corrected chi connectivity index (χ4v) is 2.54. The fraction of sp³-hybridized carbons (Fsp3) is 0.353. The Labute approximate surface area is 124 Å². The molecule has 0 bridgehead atoms. The van der Waals surface area contributed by atoms with E-state index in [0.717, 1.165) is 42.9 Å². The lowest BCUT2D eigenvalue weighted by Crippen LogP contribution is -2.39. The number of rotatable bonds is 4. The summed E-state index contributed by atoms with van der Waals surface area (Å²) in [5.41, 5.74) is 1.02. The summed E-state index contributed by atoms with van der Waals surface area (Å²) in [4.78, 5) is 11.9. The van der Waals surface area contributed by atoms with Crippen LogP contribution < -0.4 is 14.8 Å². The number of hydrogen-bond acceptors (Lipinski definition) is 4. The Balaban J connectivity index is 1.56. The van der Waals surface area contributed by atoms with Crippen LogP contribution >= 0.6 is 0 Å². The lowest BCUT2D eigenvalue weighted by atomic mass is 10.0. The van der Waals surface area contributed by atoms with Gasteiger partial charge in [0.15, 0.2) is 17.3 Å².